The summed E-state index contributed by atoms with van der Waals surface area (Å²) in [5.74, 6) is 2.68. The van der Waals surface area contributed by atoms with E-state index in [0.717, 1.165) is 34.9 Å². The fourth-order valence-corrected chi connectivity index (χ4v) is 3.77. The van der Waals surface area contributed by atoms with Gasteiger partial charge in [-0.05, 0) is 24.6 Å². The third-order valence-corrected chi connectivity index (χ3v) is 5.23. The van der Waals surface area contributed by atoms with E-state index < -0.39 is 0 Å². The topological polar surface area (TPSA) is 89.6 Å². The SMILES string of the molecule is COc1cc2c(cc1CN1CCc3c(nc(-c4ccccn4)[nH]c3=O)C1)OCO2. The Hall–Kier alpha value is -3.39. The number of hydrogen-bond acceptors (Lipinski definition) is 7. The van der Waals surface area contributed by atoms with Crippen LogP contribution in [0.25, 0.3) is 11.5 Å². The van der Waals surface area contributed by atoms with E-state index in [1.165, 1.54) is 0 Å². The molecule has 1 N–H and O–H groups in total. The first-order valence-corrected chi connectivity index (χ1v) is 9.43. The molecule has 4 heterocycles. The lowest BCUT2D eigenvalue weighted by atomic mass is 10.0. The zero-order valence-corrected chi connectivity index (χ0v) is 16.0. The highest BCUT2D eigenvalue weighted by atomic mass is 16.7. The van der Waals surface area contributed by atoms with Crippen molar-refractivity contribution in [1.82, 2.24) is 19.9 Å². The van der Waals surface area contributed by atoms with E-state index in [0.29, 0.717) is 36.8 Å². The van der Waals surface area contributed by atoms with E-state index >= 15 is 0 Å². The van der Waals surface area contributed by atoms with Crippen LogP contribution in [0, 0.1) is 0 Å². The third-order valence-electron chi connectivity index (χ3n) is 5.23. The Morgan fingerprint density at radius 1 is 1.24 bits per heavy atom. The van der Waals surface area contributed by atoms with E-state index in [2.05, 4.69) is 14.9 Å². The van der Waals surface area contributed by atoms with Gasteiger partial charge in [-0.15, -0.1) is 0 Å². The molecular weight excluding hydrogens is 372 g/mol. The Morgan fingerprint density at radius 3 is 2.90 bits per heavy atom. The smallest absolute Gasteiger partial charge is 0.254 e. The molecule has 2 aliphatic rings. The second-order valence-corrected chi connectivity index (χ2v) is 7.03. The summed E-state index contributed by atoms with van der Waals surface area (Å²) < 4.78 is 16.5. The molecule has 8 heteroatoms. The van der Waals surface area contributed by atoms with Gasteiger partial charge in [-0.1, -0.05) is 6.07 Å². The van der Waals surface area contributed by atoms with Crippen molar-refractivity contribution in [3.8, 4) is 28.8 Å². The van der Waals surface area contributed by atoms with Crippen molar-refractivity contribution in [2.75, 3.05) is 20.4 Å². The summed E-state index contributed by atoms with van der Waals surface area (Å²) in [5, 5.41) is 0. The Bertz CT molecular complexity index is 1110. The molecule has 0 spiro atoms. The van der Waals surface area contributed by atoms with Crippen LogP contribution in [-0.4, -0.2) is 40.3 Å². The fraction of sp³-hybridized carbons (Fsp3) is 0.286. The van der Waals surface area contributed by atoms with Gasteiger partial charge in [0.25, 0.3) is 5.56 Å². The van der Waals surface area contributed by atoms with Crippen molar-refractivity contribution in [2.45, 2.75) is 19.5 Å². The highest BCUT2D eigenvalue weighted by molar-refractivity contribution is 5.52. The van der Waals surface area contributed by atoms with Gasteiger partial charge in [0.05, 0.1) is 12.8 Å². The van der Waals surface area contributed by atoms with Gasteiger partial charge < -0.3 is 19.2 Å². The summed E-state index contributed by atoms with van der Waals surface area (Å²) in [6.07, 6.45) is 2.33. The second kappa shape index (κ2) is 7.21. The first-order chi connectivity index (χ1) is 14.2. The Labute approximate surface area is 167 Å². The molecule has 0 saturated heterocycles. The molecule has 0 fully saturated rings. The minimum atomic E-state index is -0.0871. The number of aromatic amines is 1. The molecule has 0 bridgehead atoms. The van der Waals surface area contributed by atoms with Crippen LogP contribution in [0.4, 0.5) is 0 Å². The normalized spacial score (nSPS) is 15.2. The zero-order valence-electron chi connectivity index (χ0n) is 16.0. The van der Waals surface area contributed by atoms with E-state index in [-0.39, 0.29) is 12.4 Å². The summed E-state index contributed by atoms with van der Waals surface area (Å²) in [6.45, 7) is 2.23. The van der Waals surface area contributed by atoms with Gasteiger partial charge in [-0.25, -0.2) is 4.98 Å². The van der Waals surface area contributed by atoms with Crippen molar-refractivity contribution in [3.05, 3.63) is 63.7 Å². The van der Waals surface area contributed by atoms with Crippen LogP contribution in [0.15, 0.2) is 41.3 Å². The van der Waals surface area contributed by atoms with Crippen LogP contribution in [0.2, 0.25) is 0 Å². The maximum Gasteiger partial charge on any atom is 0.254 e. The molecule has 5 rings (SSSR count). The number of hydrogen-bond donors (Lipinski definition) is 1. The number of nitrogens with one attached hydrogen (secondary N) is 1. The molecule has 1 aromatic carbocycles. The average Bonchev–Trinajstić information content (AvgIpc) is 3.21. The summed E-state index contributed by atoms with van der Waals surface area (Å²) in [6, 6.07) is 9.36. The van der Waals surface area contributed by atoms with Crippen LogP contribution in [-0.2, 0) is 19.5 Å². The maximum atomic E-state index is 12.6. The number of benzene rings is 1. The van der Waals surface area contributed by atoms with Gasteiger partial charge in [0, 0.05) is 43.0 Å². The molecule has 3 aromatic rings. The summed E-state index contributed by atoms with van der Waals surface area (Å²) in [4.78, 5) is 26.7. The number of pyridine rings is 1. The quantitative estimate of drug-likeness (QED) is 0.727. The minimum Gasteiger partial charge on any atom is -0.496 e. The Morgan fingerprint density at radius 2 is 2.10 bits per heavy atom. The van der Waals surface area contributed by atoms with Crippen LogP contribution in [0.1, 0.15) is 16.8 Å². The predicted molar refractivity (Wildman–Crippen MR) is 105 cm³/mol. The van der Waals surface area contributed by atoms with Gasteiger partial charge in [0.1, 0.15) is 11.4 Å². The molecule has 148 valence electrons. The van der Waals surface area contributed by atoms with Gasteiger partial charge in [-0.3, -0.25) is 14.7 Å². The molecule has 0 atom stereocenters. The highest BCUT2D eigenvalue weighted by Gasteiger charge is 2.24. The standard InChI is InChI=1S/C21H20N4O4/c1-27-17-9-19-18(28-12-29-19)8-13(17)10-25-7-5-14-16(11-25)23-20(24-21(14)26)15-4-2-3-6-22-15/h2-4,6,8-9H,5,7,10-12H2,1H3,(H,23,24,26). The van der Waals surface area contributed by atoms with Crippen LogP contribution >= 0.6 is 0 Å². The van der Waals surface area contributed by atoms with Crippen molar-refractivity contribution in [3.63, 3.8) is 0 Å². The van der Waals surface area contributed by atoms with Gasteiger partial charge in [0.2, 0.25) is 6.79 Å². The molecule has 0 unspecified atom stereocenters. The number of nitrogens with zero attached hydrogens (tertiary/aromatic N) is 3. The monoisotopic (exact) mass is 392 g/mol. The largest absolute Gasteiger partial charge is 0.496 e. The fourth-order valence-electron chi connectivity index (χ4n) is 3.77. The van der Waals surface area contributed by atoms with Gasteiger partial charge in [0.15, 0.2) is 17.3 Å². The summed E-state index contributed by atoms with van der Waals surface area (Å²) in [5.41, 5.74) is 3.12. The molecule has 2 aliphatic heterocycles. The van der Waals surface area contributed by atoms with Crippen molar-refractivity contribution in [1.29, 1.82) is 0 Å². The molecule has 29 heavy (non-hydrogen) atoms. The first kappa shape index (κ1) is 17.7. The highest BCUT2D eigenvalue weighted by Crippen LogP contribution is 2.38. The summed E-state index contributed by atoms with van der Waals surface area (Å²) >= 11 is 0. The van der Waals surface area contributed by atoms with E-state index in [1.54, 1.807) is 13.3 Å². The van der Waals surface area contributed by atoms with E-state index in [1.807, 2.05) is 30.3 Å². The first-order valence-electron chi connectivity index (χ1n) is 9.43. The van der Waals surface area contributed by atoms with Crippen molar-refractivity contribution < 1.29 is 14.2 Å². The molecular formula is C21H20N4O4. The summed E-state index contributed by atoms with van der Waals surface area (Å²) in [7, 11) is 1.65. The number of fused-ring (bicyclic) bond motifs is 2. The zero-order chi connectivity index (χ0) is 19.8. The predicted octanol–water partition coefficient (Wildman–Crippen LogP) is 2.13. The Kier molecular flexibility index (Phi) is 4.40. The lowest BCUT2D eigenvalue weighted by Gasteiger charge is -2.28. The number of ether oxygens (including phenoxy) is 3. The van der Waals surface area contributed by atoms with Crippen LogP contribution < -0.4 is 19.8 Å². The molecule has 2 aromatic heterocycles. The molecule has 0 radical (unpaired) electrons. The maximum absolute atomic E-state index is 12.6. The average molecular weight is 392 g/mol. The lowest BCUT2D eigenvalue weighted by Crippen LogP contribution is -2.35. The lowest BCUT2D eigenvalue weighted by molar-refractivity contribution is 0.173. The van der Waals surface area contributed by atoms with Crippen LogP contribution in [0.5, 0.6) is 17.2 Å². The molecule has 0 saturated carbocycles. The molecule has 0 aliphatic carbocycles. The third kappa shape index (κ3) is 3.31. The van der Waals surface area contributed by atoms with E-state index in [9.17, 15) is 4.79 Å². The van der Waals surface area contributed by atoms with Crippen molar-refractivity contribution in [2.24, 2.45) is 0 Å². The second-order valence-electron chi connectivity index (χ2n) is 7.03. The molecule has 8 nitrogen and oxygen atoms in total. The van der Waals surface area contributed by atoms with Gasteiger partial charge >= 0.3 is 0 Å². The number of methoxy groups -OCH3 is 1. The number of aromatic nitrogens is 3. The van der Waals surface area contributed by atoms with Gasteiger partial charge in [-0.2, -0.15) is 0 Å². The minimum absolute atomic E-state index is 0.0871. The molecule has 0 amide bonds. The van der Waals surface area contributed by atoms with Crippen molar-refractivity contribution >= 4 is 0 Å². The Balaban J connectivity index is 1.43. The van der Waals surface area contributed by atoms with Crippen LogP contribution in [0.3, 0.4) is 0 Å². The number of rotatable bonds is 4. The number of H-pyrrole nitrogens is 1. The van der Waals surface area contributed by atoms with E-state index in [4.69, 9.17) is 19.2 Å².